The zero-order chi connectivity index (χ0) is 28.1. The number of carbonyl (C=O) groups is 1. The van der Waals surface area contributed by atoms with Crippen LogP contribution in [-0.4, -0.2) is 72.8 Å². The highest BCUT2D eigenvalue weighted by atomic mass is 19.4. The predicted octanol–water partition coefficient (Wildman–Crippen LogP) is 5.10. The van der Waals surface area contributed by atoms with E-state index in [1.807, 2.05) is 29.3 Å². The minimum absolute atomic E-state index is 0.145. The Labute approximate surface area is 227 Å². The van der Waals surface area contributed by atoms with Crippen LogP contribution in [-0.2, 0) is 11.7 Å². The number of alkyl halides is 3. The van der Waals surface area contributed by atoms with Gasteiger partial charge < -0.3 is 15.2 Å². The fraction of sp³-hybridized carbons (Fsp3) is 0.407. The minimum atomic E-state index is -4.78. The Hall–Kier alpha value is -4.00. The first kappa shape index (κ1) is 26.2. The summed E-state index contributed by atoms with van der Waals surface area (Å²) in [5, 5.41) is 7.94. The Morgan fingerprint density at radius 1 is 1.18 bits per heavy atom. The number of piperidine rings is 1. The first-order valence-electron chi connectivity index (χ1n) is 13.2. The summed E-state index contributed by atoms with van der Waals surface area (Å²) >= 11 is 0. The standard InChI is InChI=1S/C27H28F4N8O/c1-2-26(39-13-17(12-35-39)23-20-5-8-32-24(20)34-16-33-23)14-38(15-26)19-6-9-37(10-7-19)25(40)36-22-4-3-18(28)11-21(22)27(29,30)31/h3-5,8,11-13,16,19H,2,6-7,9-10,14-15H2,1H3,(H,36,40)(H,32,33,34). The highest BCUT2D eigenvalue weighted by molar-refractivity contribution is 5.91. The lowest BCUT2D eigenvalue weighted by Gasteiger charge is -2.54. The Balaban J connectivity index is 1.07. The van der Waals surface area contributed by atoms with Crippen LogP contribution in [0.2, 0.25) is 0 Å². The van der Waals surface area contributed by atoms with E-state index >= 15 is 0 Å². The maximum Gasteiger partial charge on any atom is 0.418 e. The molecule has 0 bridgehead atoms. The van der Waals surface area contributed by atoms with Crippen LogP contribution in [0.1, 0.15) is 31.7 Å². The molecule has 40 heavy (non-hydrogen) atoms. The maximum absolute atomic E-state index is 13.4. The number of nitrogens with one attached hydrogen (secondary N) is 2. The summed E-state index contributed by atoms with van der Waals surface area (Å²) in [4.78, 5) is 28.4. The number of nitrogens with zero attached hydrogens (tertiary/aromatic N) is 6. The molecule has 4 aromatic rings. The fourth-order valence-corrected chi connectivity index (χ4v) is 5.79. The van der Waals surface area contributed by atoms with Gasteiger partial charge in [0.2, 0.25) is 0 Å². The molecule has 0 atom stereocenters. The fourth-order valence-electron chi connectivity index (χ4n) is 5.79. The molecule has 0 radical (unpaired) electrons. The van der Waals surface area contributed by atoms with E-state index in [1.54, 1.807) is 0 Å². The highest BCUT2D eigenvalue weighted by Gasteiger charge is 2.47. The molecular formula is C27H28F4N8O. The van der Waals surface area contributed by atoms with Crippen molar-refractivity contribution in [3.8, 4) is 11.3 Å². The summed E-state index contributed by atoms with van der Waals surface area (Å²) < 4.78 is 55.4. The van der Waals surface area contributed by atoms with Gasteiger partial charge in [-0.3, -0.25) is 9.58 Å². The number of fused-ring (bicyclic) bond motifs is 1. The smallest absolute Gasteiger partial charge is 0.346 e. The molecule has 2 aliphatic rings. The molecule has 13 heteroatoms. The maximum atomic E-state index is 13.4. The summed E-state index contributed by atoms with van der Waals surface area (Å²) in [5.74, 6) is -1.01. The van der Waals surface area contributed by atoms with E-state index in [1.165, 1.54) is 11.2 Å². The van der Waals surface area contributed by atoms with Crippen LogP contribution < -0.4 is 5.32 Å². The second kappa shape index (κ2) is 9.88. The van der Waals surface area contributed by atoms with Crippen LogP contribution in [0.4, 0.5) is 28.0 Å². The Morgan fingerprint density at radius 3 is 2.67 bits per heavy atom. The normalized spacial score (nSPS) is 18.2. The number of amides is 2. The minimum Gasteiger partial charge on any atom is -0.346 e. The third-order valence-electron chi connectivity index (χ3n) is 8.15. The van der Waals surface area contributed by atoms with Crippen LogP contribution in [0, 0.1) is 5.82 Å². The van der Waals surface area contributed by atoms with Crippen LogP contribution in [0.3, 0.4) is 0 Å². The summed E-state index contributed by atoms with van der Waals surface area (Å²) in [6, 6.07) is 3.83. The van der Waals surface area contributed by atoms with Gasteiger partial charge in [-0.2, -0.15) is 18.3 Å². The number of hydrogen-bond acceptors (Lipinski definition) is 5. The molecule has 0 unspecified atom stereocenters. The van der Waals surface area contributed by atoms with Gasteiger partial charge in [0.25, 0.3) is 0 Å². The van der Waals surface area contributed by atoms with Crippen molar-refractivity contribution in [3.05, 3.63) is 60.6 Å². The van der Waals surface area contributed by atoms with Gasteiger partial charge in [-0.05, 0) is 43.5 Å². The SMILES string of the molecule is CCC1(n2cc(-c3ncnc4[nH]ccc34)cn2)CN(C2CCN(C(=O)Nc3ccc(F)cc3C(F)(F)F)CC2)C1. The number of aromatic nitrogens is 5. The number of carbonyl (C=O) groups excluding carboxylic acids is 1. The van der Waals surface area contributed by atoms with Crippen LogP contribution in [0.5, 0.6) is 0 Å². The molecule has 210 valence electrons. The Morgan fingerprint density at radius 2 is 1.95 bits per heavy atom. The summed E-state index contributed by atoms with van der Waals surface area (Å²) in [6.45, 7) is 4.61. The summed E-state index contributed by atoms with van der Waals surface area (Å²) in [5.41, 5.74) is 0.728. The summed E-state index contributed by atoms with van der Waals surface area (Å²) in [7, 11) is 0. The second-order valence-corrected chi connectivity index (χ2v) is 10.5. The van der Waals surface area contributed by atoms with Gasteiger partial charge in [-0.25, -0.2) is 19.2 Å². The topological polar surface area (TPSA) is 95.0 Å². The van der Waals surface area contributed by atoms with E-state index in [9.17, 15) is 22.4 Å². The molecule has 2 saturated heterocycles. The summed E-state index contributed by atoms with van der Waals surface area (Å²) in [6.07, 6.45) is 4.77. The van der Waals surface area contributed by atoms with Crippen molar-refractivity contribution in [1.82, 2.24) is 34.5 Å². The number of likely N-dealkylation sites (tertiary alicyclic amines) is 2. The van der Waals surface area contributed by atoms with E-state index < -0.39 is 29.3 Å². The molecule has 6 rings (SSSR count). The van der Waals surface area contributed by atoms with Crippen LogP contribution in [0.15, 0.2) is 49.2 Å². The van der Waals surface area contributed by atoms with Crippen molar-refractivity contribution >= 4 is 22.8 Å². The lowest BCUT2D eigenvalue weighted by Crippen LogP contribution is -2.66. The monoisotopic (exact) mass is 556 g/mol. The van der Waals surface area contributed by atoms with Crippen molar-refractivity contribution in [1.29, 1.82) is 0 Å². The molecule has 2 aliphatic heterocycles. The predicted molar refractivity (Wildman–Crippen MR) is 140 cm³/mol. The van der Waals surface area contributed by atoms with Gasteiger partial charge in [-0.1, -0.05) is 6.92 Å². The molecule has 0 saturated carbocycles. The molecule has 2 amide bonds. The van der Waals surface area contributed by atoms with E-state index in [2.05, 4.69) is 37.2 Å². The average molecular weight is 557 g/mol. The number of aromatic amines is 1. The number of urea groups is 1. The van der Waals surface area contributed by atoms with E-state index in [4.69, 9.17) is 0 Å². The van der Waals surface area contributed by atoms with E-state index in [-0.39, 0.29) is 11.6 Å². The van der Waals surface area contributed by atoms with Gasteiger partial charge in [0.1, 0.15) is 17.8 Å². The number of H-pyrrole nitrogens is 1. The lowest BCUT2D eigenvalue weighted by molar-refractivity contribution is -0.137. The Bertz CT molecular complexity index is 1530. The van der Waals surface area contributed by atoms with Crippen molar-refractivity contribution in [2.45, 2.75) is 43.9 Å². The lowest BCUT2D eigenvalue weighted by atomic mass is 9.84. The van der Waals surface area contributed by atoms with Gasteiger partial charge >= 0.3 is 12.2 Å². The van der Waals surface area contributed by atoms with Crippen molar-refractivity contribution in [2.24, 2.45) is 0 Å². The number of halogens is 4. The van der Waals surface area contributed by atoms with Gasteiger partial charge in [0.15, 0.2) is 0 Å². The second-order valence-electron chi connectivity index (χ2n) is 10.5. The number of hydrogen-bond donors (Lipinski definition) is 2. The highest BCUT2D eigenvalue weighted by Crippen LogP contribution is 2.38. The molecule has 1 aromatic carbocycles. The van der Waals surface area contributed by atoms with Crippen molar-refractivity contribution in [2.75, 3.05) is 31.5 Å². The van der Waals surface area contributed by atoms with E-state index in [0.29, 0.717) is 32.0 Å². The molecule has 0 spiro atoms. The molecule has 2 fully saturated rings. The van der Waals surface area contributed by atoms with Crippen molar-refractivity contribution in [3.63, 3.8) is 0 Å². The molecular weight excluding hydrogens is 528 g/mol. The number of anilines is 1. The average Bonchev–Trinajstić information content (AvgIpc) is 3.60. The van der Waals surface area contributed by atoms with Gasteiger partial charge in [0, 0.05) is 55.6 Å². The van der Waals surface area contributed by atoms with Gasteiger partial charge in [0.05, 0.1) is 28.7 Å². The Kier molecular flexibility index (Phi) is 6.48. The number of rotatable bonds is 5. The molecule has 3 aromatic heterocycles. The third-order valence-corrected chi connectivity index (χ3v) is 8.15. The molecule has 2 N–H and O–H groups in total. The van der Waals surface area contributed by atoms with Crippen LogP contribution in [0.25, 0.3) is 22.3 Å². The molecule has 9 nitrogen and oxygen atoms in total. The first-order valence-corrected chi connectivity index (χ1v) is 13.2. The van der Waals surface area contributed by atoms with Gasteiger partial charge in [-0.15, -0.1) is 0 Å². The zero-order valence-corrected chi connectivity index (χ0v) is 21.7. The van der Waals surface area contributed by atoms with E-state index in [0.717, 1.165) is 53.9 Å². The quantitative estimate of drug-likeness (QED) is 0.334. The third kappa shape index (κ3) is 4.67. The zero-order valence-electron chi connectivity index (χ0n) is 21.7. The number of benzene rings is 1. The van der Waals surface area contributed by atoms with Crippen molar-refractivity contribution < 1.29 is 22.4 Å². The largest absolute Gasteiger partial charge is 0.418 e. The molecule has 5 heterocycles. The first-order chi connectivity index (χ1) is 19.2. The molecule has 0 aliphatic carbocycles. The van der Waals surface area contributed by atoms with Crippen LogP contribution >= 0.6 is 0 Å².